The first-order chi connectivity index (χ1) is 8.74. The Morgan fingerprint density at radius 2 is 2.06 bits per heavy atom. The van der Waals surface area contributed by atoms with Crippen LogP contribution < -0.4 is 0 Å². The van der Waals surface area contributed by atoms with Crippen molar-refractivity contribution in [1.82, 2.24) is 0 Å². The Morgan fingerprint density at radius 1 is 1.22 bits per heavy atom. The van der Waals surface area contributed by atoms with Crippen molar-refractivity contribution in [1.29, 1.82) is 0 Å². The molecule has 2 aliphatic rings. The van der Waals surface area contributed by atoms with E-state index >= 15 is 0 Å². The predicted octanol–water partition coefficient (Wildman–Crippen LogP) is -0.568. The molecule has 0 spiro atoms. The van der Waals surface area contributed by atoms with Crippen LogP contribution in [0.25, 0.3) is 0 Å². The van der Waals surface area contributed by atoms with E-state index in [0.29, 0.717) is 12.8 Å². The van der Waals surface area contributed by atoms with Gasteiger partial charge in [-0.1, -0.05) is 11.8 Å². The molecule has 3 N–H and O–H groups in total. The minimum Gasteiger partial charge on any atom is -0.396 e. The lowest BCUT2D eigenvalue weighted by molar-refractivity contribution is -0.184. The fraction of sp³-hybridized carbons (Fsp3) is 0.846. The Labute approximate surface area is 107 Å². The van der Waals surface area contributed by atoms with Crippen molar-refractivity contribution in [3.05, 3.63) is 0 Å². The van der Waals surface area contributed by atoms with Crippen LogP contribution in [0.4, 0.5) is 0 Å². The summed E-state index contributed by atoms with van der Waals surface area (Å²) in [7, 11) is 0. The molecule has 5 nitrogen and oxygen atoms in total. The molecule has 2 rings (SSSR count). The highest BCUT2D eigenvalue weighted by Gasteiger charge is 2.52. The molecule has 2 fully saturated rings. The van der Waals surface area contributed by atoms with Crippen molar-refractivity contribution >= 4 is 0 Å². The summed E-state index contributed by atoms with van der Waals surface area (Å²) in [5.74, 6) is 5.41. The zero-order valence-corrected chi connectivity index (χ0v) is 10.3. The van der Waals surface area contributed by atoms with Crippen molar-refractivity contribution < 1.29 is 24.8 Å². The molecule has 4 atom stereocenters. The third-order valence-corrected chi connectivity index (χ3v) is 3.66. The number of rotatable bonds is 3. The van der Waals surface area contributed by atoms with E-state index in [2.05, 4.69) is 11.8 Å². The molecule has 0 saturated carbocycles. The van der Waals surface area contributed by atoms with Gasteiger partial charge in [0, 0.05) is 13.0 Å². The summed E-state index contributed by atoms with van der Waals surface area (Å²) in [6, 6.07) is 0. The van der Waals surface area contributed by atoms with Crippen LogP contribution >= 0.6 is 0 Å². The molecule has 0 bridgehead atoms. The standard InChI is InChI=1S/C13H20O5/c14-6-1-2-11-8-13(9-16)12(17-11)4-3-10(18-13)5-7-15/h10-12,14-16H,3-9H2/t10-,11?,12+,13-/m1/s1. The monoisotopic (exact) mass is 256 g/mol. The van der Waals surface area contributed by atoms with Crippen LogP contribution in [0.5, 0.6) is 0 Å². The molecule has 0 aliphatic carbocycles. The Bertz CT molecular complexity index is 334. The van der Waals surface area contributed by atoms with Gasteiger partial charge in [-0.15, -0.1) is 0 Å². The minimum absolute atomic E-state index is 0.0217. The quantitative estimate of drug-likeness (QED) is 0.589. The number of fused-ring (bicyclic) bond motifs is 1. The van der Waals surface area contributed by atoms with Crippen LogP contribution in [0.3, 0.4) is 0 Å². The van der Waals surface area contributed by atoms with Gasteiger partial charge in [-0.2, -0.15) is 0 Å². The highest BCUT2D eigenvalue weighted by molar-refractivity contribution is 5.13. The van der Waals surface area contributed by atoms with Crippen LogP contribution in [0.15, 0.2) is 0 Å². The first kappa shape index (κ1) is 13.8. The second-order valence-corrected chi connectivity index (χ2v) is 4.85. The molecular formula is C13H20O5. The summed E-state index contributed by atoms with van der Waals surface area (Å²) in [5, 5.41) is 27.3. The minimum atomic E-state index is -0.688. The Kier molecular flexibility index (Phi) is 4.60. The van der Waals surface area contributed by atoms with Gasteiger partial charge in [-0.05, 0) is 19.3 Å². The lowest BCUT2D eigenvalue weighted by Gasteiger charge is -2.40. The third kappa shape index (κ3) is 2.68. The molecule has 18 heavy (non-hydrogen) atoms. The van der Waals surface area contributed by atoms with Gasteiger partial charge in [0.15, 0.2) is 0 Å². The summed E-state index contributed by atoms with van der Waals surface area (Å²) < 4.78 is 11.7. The number of ether oxygens (including phenoxy) is 2. The summed E-state index contributed by atoms with van der Waals surface area (Å²) in [4.78, 5) is 0. The summed E-state index contributed by atoms with van der Waals surface area (Å²) in [6.45, 7) is -0.201. The molecule has 2 saturated heterocycles. The van der Waals surface area contributed by atoms with Crippen molar-refractivity contribution in [2.24, 2.45) is 0 Å². The molecule has 0 amide bonds. The van der Waals surface area contributed by atoms with Gasteiger partial charge in [0.05, 0.1) is 18.8 Å². The highest BCUT2D eigenvalue weighted by atomic mass is 16.6. The van der Waals surface area contributed by atoms with Gasteiger partial charge in [-0.3, -0.25) is 0 Å². The Balaban J connectivity index is 2.05. The largest absolute Gasteiger partial charge is 0.396 e. The second kappa shape index (κ2) is 6.00. The summed E-state index contributed by atoms with van der Waals surface area (Å²) in [6.07, 6.45) is 2.28. The summed E-state index contributed by atoms with van der Waals surface area (Å²) >= 11 is 0. The molecule has 0 aromatic rings. The number of hydrogen-bond donors (Lipinski definition) is 3. The van der Waals surface area contributed by atoms with Gasteiger partial charge < -0.3 is 24.8 Å². The smallest absolute Gasteiger partial charge is 0.121 e. The maximum absolute atomic E-state index is 9.62. The first-order valence-corrected chi connectivity index (χ1v) is 6.38. The fourth-order valence-electron chi connectivity index (χ4n) is 2.79. The molecule has 5 heteroatoms. The second-order valence-electron chi connectivity index (χ2n) is 4.85. The Morgan fingerprint density at radius 3 is 2.72 bits per heavy atom. The zero-order valence-electron chi connectivity index (χ0n) is 10.3. The van der Waals surface area contributed by atoms with Gasteiger partial charge in [-0.25, -0.2) is 0 Å². The molecule has 2 heterocycles. The van der Waals surface area contributed by atoms with E-state index in [1.54, 1.807) is 0 Å². The van der Waals surface area contributed by atoms with E-state index < -0.39 is 5.60 Å². The molecule has 0 aromatic carbocycles. The van der Waals surface area contributed by atoms with E-state index in [1.165, 1.54) is 0 Å². The van der Waals surface area contributed by atoms with Crippen LogP contribution in [0.1, 0.15) is 25.7 Å². The van der Waals surface area contributed by atoms with E-state index in [1.807, 2.05) is 0 Å². The van der Waals surface area contributed by atoms with Gasteiger partial charge in [0.1, 0.15) is 18.3 Å². The zero-order chi connectivity index (χ0) is 13.0. The number of aliphatic hydroxyl groups excluding tert-OH is 3. The van der Waals surface area contributed by atoms with Crippen molar-refractivity contribution in [3.63, 3.8) is 0 Å². The molecular weight excluding hydrogens is 236 g/mol. The lowest BCUT2D eigenvalue weighted by atomic mass is 9.87. The number of hydrogen-bond acceptors (Lipinski definition) is 5. The topological polar surface area (TPSA) is 79.2 Å². The fourth-order valence-corrected chi connectivity index (χ4v) is 2.79. The maximum atomic E-state index is 9.62. The molecule has 102 valence electrons. The van der Waals surface area contributed by atoms with Crippen molar-refractivity contribution in [3.8, 4) is 11.8 Å². The normalized spacial score (nSPS) is 38.9. The predicted molar refractivity (Wildman–Crippen MR) is 63.8 cm³/mol. The maximum Gasteiger partial charge on any atom is 0.121 e. The van der Waals surface area contributed by atoms with E-state index in [9.17, 15) is 5.11 Å². The average Bonchev–Trinajstić information content (AvgIpc) is 2.75. The van der Waals surface area contributed by atoms with Crippen molar-refractivity contribution in [2.45, 2.75) is 49.6 Å². The van der Waals surface area contributed by atoms with Gasteiger partial charge in [0.2, 0.25) is 0 Å². The SMILES string of the molecule is OCC#CC1C[C@]2(CO)O[C@@H](CCO)CC[C@@H]2O1. The van der Waals surface area contributed by atoms with E-state index in [0.717, 1.165) is 12.8 Å². The van der Waals surface area contributed by atoms with Crippen molar-refractivity contribution in [2.75, 3.05) is 19.8 Å². The van der Waals surface area contributed by atoms with E-state index in [-0.39, 0.29) is 38.1 Å². The molecule has 2 aliphatic heterocycles. The number of aliphatic hydroxyl groups is 3. The van der Waals surface area contributed by atoms with Crippen LogP contribution in [0.2, 0.25) is 0 Å². The van der Waals surface area contributed by atoms with Crippen LogP contribution in [0, 0.1) is 11.8 Å². The van der Waals surface area contributed by atoms with E-state index in [4.69, 9.17) is 19.7 Å². The molecule has 1 unspecified atom stereocenters. The van der Waals surface area contributed by atoms with Gasteiger partial charge in [0.25, 0.3) is 0 Å². The molecule has 0 aromatic heterocycles. The van der Waals surface area contributed by atoms with Gasteiger partial charge >= 0.3 is 0 Å². The molecule has 0 radical (unpaired) electrons. The third-order valence-electron chi connectivity index (χ3n) is 3.66. The van der Waals surface area contributed by atoms with Crippen LogP contribution in [-0.2, 0) is 9.47 Å². The Hall–Kier alpha value is -0.640. The van der Waals surface area contributed by atoms with Crippen LogP contribution in [-0.4, -0.2) is 59.1 Å². The highest BCUT2D eigenvalue weighted by Crippen LogP contribution is 2.41. The first-order valence-electron chi connectivity index (χ1n) is 6.38. The lowest BCUT2D eigenvalue weighted by Crippen LogP contribution is -2.51. The average molecular weight is 256 g/mol. The summed E-state index contributed by atoms with van der Waals surface area (Å²) in [5.41, 5.74) is -0.688.